The van der Waals surface area contributed by atoms with Gasteiger partial charge in [0, 0.05) is 12.0 Å². The minimum Gasteiger partial charge on any atom is -0.327 e. The third-order valence-corrected chi connectivity index (χ3v) is 2.88. The Kier molecular flexibility index (Phi) is 4.76. The summed E-state index contributed by atoms with van der Waals surface area (Å²) in [5, 5.41) is 0. The van der Waals surface area contributed by atoms with Crippen LogP contribution in [0.5, 0.6) is 0 Å². The molecule has 0 spiro atoms. The molecule has 1 nitrogen and oxygen atoms in total. The highest BCUT2D eigenvalue weighted by atomic mass is 19.1. The molecule has 0 aliphatic heterocycles. The van der Waals surface area contributed by atoms with Crippen LogP contribution in [-0.4, -0.2) is 6.04 Å². The fraction of sp³-hybridized carbons (Fsp3) is 0.538. The molecule has 0 aromatic heterocycles. The first-order valence-electron chi connectivity index (χ1n) is 5.70. The molecule has 0 bridgehead atoms. The molecule has 0 radical (unpaired) electrons. The van der Waals surface area contributed by atoms with Crippen LogP contribution in [0.3, 0.4) is 0 Å². The Bertz CT molecular complexity index is 298. The molecule has 2 heteroatoms. The maximum Gasteiger partial charge on any atom is 0.126 e. The Morgan fingerprint density at radius 2 is 1.93 bits per heavy atom. The zero-order valence-corrected chi connectivity index (χ0v) is 9.54. The molecule has 1 aromatic carbocycles. The first-order valence-corrected chi connectivity index (χ1v) is 5.70. The van der Waals surface area contributed by atoms with Crippen LogP contribution in [0.1, 0.15) is 44.6 Å². The lowest BCUT2D eigenvalue weighted by molar-refractivity contribution is 0.463. The maximum absolute atomic E-state index is 13.6. The summed E-state index contributed by atoms with van der Waals surface area (Å²) in [5.41, 5.74) is 6.84. The van der Waals surface area contributed by atoms with Crippen molar-refractivity contribution in [2.75, 3.05) is 0 Å². The molecule has 2 unspecified atom stereocenters. The van der Waals surface area contributed by atoms with Crippen molar-refractivity contribution in [3.63, 3.8) is 0 Å². The van der Waals surface area contributed by atoms with Gasteiger partial charge in [-0.25, -0.2) is 4.39 Å². The third-order valence-electron chi connectivity index (χ3n) is 2.88. The van der Waals surface area contributed by atoms with E-state index in [0.29, 0.717) is 0 Å². The standard InChI is InChI=1S/C13H20FN/c1-3-7-13(15)10(4-2)11-8-5-6-9-12(11)14/h5-6,8-10,13H,3-4,7,15H2,1-2H3. The van der Waals surface area contributed by atoms with Crippen molar-refractivity contribution in [3.05, 3.63) is 35.6 Å². The number of nitrogens with two attached hydrogens (primary N) is 1. The number of hydrogen-bond donors (Lipinski definition) is 1. The summed E-state index contributed by atoms with van der Waals surface area (Å²) in [4.78, 5) is 0. The van der Waals surface area contributed by atoms with Gasteiger partial charge in [-0.15, -0.1) is 0 Å². The summed E-state index contributed by atoms with van der Waals surface area (Å²) in [6.07, 6.45) is 2.89. The molecule has 0 fully saturated rings. The number of benzene rings is 1. The summed E-state index contributed by atoms with van der Waals surface area (Å²) in [5.74, 6) is 0.0158. The van der Waals surface area contributed by atoms with Gasteiger partial charge >= 0.3 is 0 Å². The lowest BCUT2D eigenvalue weighted by atomic mass is 9.87. The fourth-order valence-electron chi connectivity index (χ4n) is 2.06. The number of halogens is 1. The largest absolute Gasteiger partial charge is 0.327 e. The summed E-state index contributed by atoms with van der Waals surface area (Å²) < 4.78 is 13.6. The second-order valence-corrected chi connectivity index (χ2v) is 3.99. The molecule has 0 aliphatic carbocycles. The molecule has 84 valence electrons. The van der Waals surface area contributed by atoms with Crippen molar-refractivity contribution in [2.45, 2.75) is 45.1 Å². The zero-order chi connectivity index (χ0) is 11.3. The quantitative estimate of drug-likeness (QED) is 0.789. The van der Waals surface area contributed by atoms with Gasteiger partial charge in [0.1, 0.15) is 5.82 Å². The predicted octanol–water partition coefficient (Wildman–Crippen LogP) is 3.45. The van der Waals surface area contributed by atoms with E-state index in [2.05, 4.69) is 13.8 Å². The van der Waals surface area contributed by atoms with E-state index in [1.54, 1.807) is 6.07 Å². The second kappa shape index (κ2) is 5.86. The van der Waals surface area contributed by atoms with Gasteiger partial charge in [-0.3, -0.25) is 0 Å². The molecule has 0 saturated heterocycles. The highest BCUT2D eigenvalue weighted by Gasteiger charge is 2.19. The second-order valence-electron chi connectivity index (χ2n) is 3.99. The predicted molar refractivity (Wildman–Crippen MR) is 62.3 cm³/mol. The van der Waals surface area contributed by atoms with Gasteiger partial charge in [0.05, 0.1) is 0 Å². The van der Waals surface area contributed by atoms with Gasteiger partial charge in [-0.1, -0.05) is 38.5 Å². The van der Waals surface area contributed by atoms with Gasteiger partial charge in [-0.05, 0) is 24.5 Å². The lowest BCUT2D eigenvalue weighted by Gasteiger charge is -2.23. The van der Waals surface area contributed by atoms with E-state index in [1.165, 1.54) is 6.07 Å². The van der Waals surface area contributed by atoms with Crippen LogP contribution in [0.4, 0.5) is 4.39 Å². The molecular formula is C13H20FN. The van der Waals surface area contributed by atoms with E-state index in [1.807, 2.05) is 12.1 Å². The van der Waals surface area contributed by atoms with Crippen molar-refractivity contribution in [3.8, 4) is 0 Å². The highest BCUT2D eigenvalue weighted by molar-refractivity contribution is 5.23. The summed E-state index contributed by atoms with van der Waals surface area (Å²) >= 11 is 0. The SMILES string of the molecule is CCCC(N)C(CC)c1ccccc1F. The highest BCUT2D eigenvalue weighted by Crippen LogP contribution is 2.26. The van der Waals surface area contributed by atoms with Crippen LogP contribution in [0.2, 0.25) is 0 Å². The fourth-order valence-corrected chi connectivity index (χ4v) is 2.06. The Hall–Kier alpha value is -0.890. The van der Waals surface area contributed by atoms with Crippen LogP contribution < -0.4 is 5.73 Å². The summed E-state index contributed by atoms with van der Waals surface area (Å²) in [6, 6.07) is 7.02. The van der Waals surface area contributed by atoms with Gasteiger partial charge in [0.15, 0.2) is 0 Å². The van der Waals surface area contributed by atoms with E-state index in [9.17, 15) is 4.39 Å². The van der Waals surface area contributed by atoms with Gasteiger partial charge in [0.25, 0.3) is 0 Å². The van der Waals surface area contributed by atoms with Gasteiger partial charge in [-0.2, -0.15) is 0 Å². The van der Waals surface area contributed by atoms with E-state index in [-0.39, 0.29) is 17.8 Å². The molecule has 15 heavy (non-hydrogen) atoms. The van der Waals surface area contributed by atoms with Crippen molar-refractivity contribution >= 4 is 0 Å². The Labute approximate surface area is 91.5 Å². The van der Waals surface area contributed by atoms with Gasteiger partial charge < -0.3 is 5.73 Å². The smallest absolute Gasteiger partial charge is 0.126 e. The molecule has 0 saturated carbocycles. The minimum atomic E-state index is -0.129. The average Bonchev–Trinajstić information content (AvgIpc) is 2.22. The molecular weight excluding hydrogens is 189 g/mol. The zero-order valence-electron chi connectivity index (χ0n) is 9.54. The third kappa shape index (κ3) is 3.03. The van der Waals surface area contributed by atoms with E-state index >= 15 is 0 Å². The van der Waals surface area contributed by atoms with Gasteiger partial charge in [0.2, 0.25) is 0 Å². The first kappa shape index (κ1) is 12.2. The van der Waals surface area contributed by atoms with Crippen LogP contribution in [0.25, 0.3) is 0 Å². The maximum atomic E-state index is 13.6. The van der Waals surface area contributed by atoms with E-state index in [0.717, 1.165) is 24.8 Å². The number of rotatable bonds is 5. The minimum absolute atomic E-state index is 0.0666. The van der Waals surface area contributed by atoms with Crippen LogP contribution >= 0.6 is 0 Å². The van der Waals surface area contributed by atoms with Crippen LogP contribution in [0, 0.1) is 5.82 Å². The Morgan fingerprint density at radius 1 is 1.27 bits per heavy atom. The molecule has 2 N–H and O–H groups in total. The lowest BCUT2D eigenvalue weighted by Crippen LogP contribution is -2.28. The molecule has 0 amide bonds. The number of hydrogen-bond acceptors (Lipinski definition) is 1. The summed E-state index contributed by atoms with van der Waals surface area (Å²) in [6.45, 7) is 4.17. The molecule has 2 atom stereocenters. The van der Waals surface area contributed by atoms with Crippen molar-refractivity contribution in [2.24, 2.45) is 5.73 Å². The summed E-state index contributed by atoms with van der Waals surface area (Å²) in [7, 11) is 0. The molecule has 0 heterocycles. The van der Waals surface area contributed by atoms with Crippen molar-refractivity contribution < 1.29 is 4.39 Å². The topological polar surface area (TPSA) is 26.0 Å². The monoisotopic (exact) mass is 209 g/mol. The van der Waals surface area contributed by atoms with E-state index in [4.69, 9.17) is 5.73 Å². The molecule has 1 aromatic rings. The Balaban J connectivity index is 2.87. The van der Waals surface area contributed by atoms with Crippen molar-refractivity contribution in [1.29, 1.82) is 0 Å². The van der Waals surface area contributed by atoms with Crippen molar-refractivity contribution in [1.82, 2.24) is 0 Å². The normalized spacial score (nSPS) is 14.9. The average molecular weight is 209 g/mol. The first-order chi connectivity index (χ1) is 7.20. The molecule has 0 aliphatic rings. The van der Waals surface area contributed by atoms with Crippen LogP contribution in [-0.2, 0) is 0 Å². The van der Waals surface area contributed by atoms with Crippen LogP contribution in [0.15, 0.2) is 24.3 Å². The Morgan fingerprint density at radius 3 is 2.47 bits per heavy atom. The van der Waals surface area contributed by atoms with E-state index < -0.39 is 0 Å². The molecule has 1 rings (SSSR count).